The summed E-state index contributed by atoms with van der Waals surface area (Å²) in [7, 11) is 0. The molecule has 0 aliphatic carbocycles. The Morgan fingerprint density at radius 2 is 2.43 bits per heavy atom. The maximum absolute atomic E-state index is 5.31. The van der Waals surface area contributed by atoms with E-state index in [1.807, 2.05) is 22.2 Å². The number of hydrogen-bond acceptors (Lipinski definition) is 7. The normalized spacial score (nSPS) is 17.3. The van der Waals surface area contributed by atoms with Crippen LogP contribution in [0.4, 0.5) is 0 Å². The Kier molecular flexibility index (Phi) is 4.16. The fourth-order valence-corrected chi connectivity index (χ4v) is 3.46. The maximum Gasteiger partial charge on any atom is 0.227 e. The molecule has 0 radical (unpaired) electrons. The van der Waals surface area contributed by atoms with E-state index >= 15 is 0 Å². The second-order valence-corrected chi connectivity index (χ2v) is 6.59. The van der Waals surface area contributed by atoms with Crippen molar-refractivity contribution in [1.82, 2.24) is 30.2 Å². The van der Waals surface area contributed by atoms with Gasteiger partial charge in [0.05, 0.1) is 11.4 Å². The molecule has 3 aromatic heterocycles. The summed E-state index contributed by atoms with van der Waals surface area (Å²) in [5, 5.41) is 13.9. The van der Waals surface area contributed by atoms with Gasteiger partial charge in [0.1, 0.15) is 12.2 Å². The molecule has 1 N–H and O–H groups in total. The second-order valence-electron chi connectivity index (χ2n) is 5.64. The number of thiophene rings is 1. The Balaban J connectivity index is 1.22. The van der Waals surface area contributed by atoms with Gasteiger partial charge in [-0.2, -0.15) is 10.1 Å². The fraction of sp³-hybridized carbons (Fsp3) is 0.467. The largest absolute Gasteiger partial charge is 0.339 e. The SMILES string of the molecule is c1csc(-c2noc(CCCN[C@@H]3CCc4ncnn4C3)n2)c1. The van der Waals surface area contributed by atoms with E-state index in [9.17, 15) is 0 Å². The third kappa shape index (κ3) is 3.32. The molecule has 0 saturated carbocycles. The van der Waals surface area contributed by atoms with Gasteiger partial charge in [0.2, 0.25) is 11.7 Å². The summed E-state index contributed by atoms with van der Waals surface area (Å²) in [5.41, 5.74) is 0. The molecular weight excluding hydrogens is 312 g/mol. The highest BCUT2D eigenvalue weighted by Crippen LogP contribution is 2.21. The van der Waals surface area contributed by atoms with Crippen LogP contribution in [0, 0.1) is 0 Å². The molecule has 1 aliphatic rings. The van der Waals surface area contributed by atoms with E-state index in [1.165, 1.54) is 0 Å². The zero-order valence-corrected chi connectivity index (χ0v) is 13.5. The van der Waals surface area contributed by atoms with Gasteiger partial charge in [-0.1, -0.05) is 11.2 Å². The van der Waals surface area contributed by atoms with Gasteiger partial charge in [0.25, 0.3) is 0 Å². The zero-order chi connectivity index (χ0) is 15.5. The van der Waals surface area contributed by atoms with Gasteiger partial charge in [-0.15, -0.1) is 11.3 Å². The van der Waals surface area contributed by atoms with Gasteiger partial charge in [-0.3, -0.25) is 0 Å². The first kappa shape index (κ1) is 14.5. The third-order valence-corrected chi connectivity index (χ3v) is 4.88. The highest BCUT2D eigenvalue weighted by molar-refractivity contribution is 7.13. The Hall–Kier alpha value is -2.06. The van der Waals surface area contributed by atoms with E-state index < -0.39 is 0 Å². The minimum atomic E-state index is 0.466. The van der Waals surface area contributed by atoms with E-state index in [1.54, 1.807) is 17.7 Å². The molecule has 0 spiro atoms. The van der Waals surface area contributed by atoms with Crippen molar-refractivity contribution in [2.75, 3.05) is 6.54 Å². The van der Waals surface area contributed by atoms with Gasteiger partial charge in [-0.05, 0) is 30.8 Å². The van der Waals surface area contributed by atoms with E-state index in [0.29, 0.717) is 17.8 Å². The van der Waals surface area contributed by atoms with Crippen LogP contribution in [0.2, 0.25) is 0 Å². The predicted molar refractivity (Wildman–Crippen MR) is 86.1 cm³/mol. The highest BCUT2D eigenvalue weighted by atomic mass is 32.1. The van der Waals surface area contributed by atoms with Crippen LogP contribution in [0.25, 0.3) is 10.7 Å². The van der Waals surface area contributed by atoms with Crippen molar-refractivity contribution in [3.63, 3.8) is 0 Å². The standard InChI is InChI=1S/C15H18N6OS/c1(4-14-19-15(20-22-14)12-3-2-8-23-12)7-16-11-5-6-13-17-10-18-21(13)9-11/h2-3,8,10-11,16H,1,4-7,9H2/t11-/m1/s1. The van der Waals surface area contributed by atoms with Crippen LogP contribution in [0.1, 0.15) is 24.6 Å². The fourth-order valence-electron chi connectivity index (χ4n) is 2.81. The summed E-state index contributed by atoms with van der Waals surface area (Å²) in [6.45, 7) is 1.84. The molecule has 1 atom stereocenters. The molecule has 0 bridgehead atoms. The first-order valence-electron chi connectivity index (χ1n) is 7.85. The van der Waals surface area contributed by atoms with Crippen LogP contribution >= 0.6 is 11.3 Å². The predicted octanol–water partition coefficient (Wildman–Crippen LogP) is 1.93. The van der Waals surface area contributed by atoms with E-state index in [-0.39, 0.29) is 0 Å². The summed E-state index contributed by atoms with van der Waals surface area (Å²) in [6.07, 6.45) is 5.52. The summed E-state index contributed by atoms with van der Waals surface area (Å²) in [4.78, 5) is 9.74. The first-order valence-corrected chi connectivity index (χ1v) is 8.73. The zero-order valence-electron chi connectivity index (χ0n) is 12.7. The first-order chi connectivity index (χ1) is 11.4. The Bertz CT molecular complexity index is 750. The molecule has 0 saturated heterocycles. The molecule has 0 fully saturated rings. The van der Waals surface area contributed by atoms with Crippen LogP contribution in [-0.2, 0) is 19.4 Å². The number of fused-ring (bicyclic) bond motifs is 1. The summed E-state index contributed by atoms with van der Waals surface area (Å²) in [5.74, 6) is 2.49. The molecule has 8 heteroatoms. The lowest BCUT2D eigenvalue weighted by Crippen LogP contribution is -2.38. The van der Waals surface area contributed by atoms with Crippen molar-refractivity contribution in [1.29, 1.82) is 0 Å². The van der Waals surface area contributed by atoms with Gasteiger partial charge < -0.3 is 9.84 Å². The molecule has 120 valence electrons. The Morgan fingerprint density at radius 1 is 1.43 bits per heavy atom. The van der Waals surface area contributed by atoms with E-state index in [4.69, 9.17) is 4.52 Å². The molecule has 3 aromatic rings. The van der Waals surface area contributed by atoms with Crippen LogP contribution in [-0.4, -0.2) is 37.5 Å². The van der Waals surface area contributed by atoms with Gasteiger partial charge in [0, 0.05) is 18.9 Å². The highest BCUT2D eigenvalue weighted by Gasteiger charge is 2.19. The van der Waals surface area contributed by atoms with Gasteiger partial charge in [0.15, 0.2) is 0 Å². The molecule has 0 unspecified atom stereocenters. The molecule has 0 aromatic carbocycles. The van der Waals surface area contributed by atoms with Crippen molar-refractivity contribution >= 4 is 11.3 Å². The maximum atomic E-state index is 5.31. The van der Waals surface area contributed by atoms with E-state index in [2.05, 4.69) is 25.5 Å². The quantitative estimate of drug-likeness (QED) is 0.696. The average Bonchev–Trinajstić information content (AvgIpc) is 3.31. The molecule has 0 amide bonds. The van der Waals surface area contributed by atoms with Crippen LogP contribution < -0.4 is 5.32 Å². The van der Waals surface area contributed by atoms with Crippen molar-refractivity contribution in [2.45, 2.75) is 38.3 Å². The van der Waals surface area contributed by atoms with Crippen molar-refractivity contribution in [3.8, 4) is 10.7 Å². The summed E-state index contributed by atoms with van der Waals surface area (Å²) < 4.78 is 7.30. The number of aryl methyl sites for hydroxylation is 2. The number of nitrogens with one attached hydrogen (secondary N) is 1. The average molecular weight is 330 g/mol. The minimum absolute atomic E-state index is 0.466. The second kappa shape index (κ2) is 6.59. The lowest BCUT2D eigenvalue weighted by molar-refractivity contribution is 0.348. The van der Waals surface area contributed by atoms with E-state index in [0.717, 1.165) is 49.5 Å². The number of nitrogens with zero attached hydrogens (tertiary/aromatic N) is 5. The molecule has 4 rings (SSSR count). The minimum Gasteiger partial charge on any atom is -0.339 e. The number of hydrogen-bond donors (Lipinski definition) is 1. The Labute approximate surface area is 137 Å². The topological polar surface area (TPSA) is 81.7 Å². The lowest BCUT2D eigenvalue weighted by Gasteiger charge is -2.23. The lowest BCUT2D eigenvalue weighted by atomic mass is 10.1. The van der Waals surface area contributed by atoms with Crippen molar-refractivity contribution < 1.29 is 4.52 Å². The van der Waals surface area contributed by atoms with Crippen LogP contribution in [0.15, 0.2) is 28.4 Å². The molecule has 4 heterocycles. The smallest absolute Gasteiger partial charge is 0.227 e. The number of rotatable bonds is 6. The van der Waals surface area contributed by atoms with Crippen molar-refractivity contribution in [3.05, 3.63) is 35.6 Å². The monoisotopic (exact) mass is 330 g/mol. The van der Waals surface area contributed by atoms with Crippen LogP contribution in [0.5, 0.6) is 0 Å². The van der Waals surface area contributed by atoms with Crippen molar-refractivity contribution in [2.24, 2.45) is 0 Å². The van der Waals surface area contributed by atoms with Crippen LogP contribution in [0.3, 0.4) is 0 Å². The third-order valence-electron chi connectivity index (χ3n) is 4.02. The molecule has 1 aliphatic heterocycles. The van der Waals surface area contributed by atoms with Gasteiger partial charge >= 0.3 is 0 Å². The van der Waals surface area contributed by atoms with Gasteiger partial charge in [-0.25, -0.2) is 9.67 Å². The summed E-state index contributed by atoms with van der Waals surface area (Å²) in [6, 6.07) is 4.46. The number of aromatic nitrogens is 5. The summed E-state index contributed by atoms with van der Waals surface area (Å²) >= 11 is 1.62. The molecular formula is C15H18N6OS. The Morgan fingerprint density at radius 3 is 3.35 bits per heavy atom. The molecule has 7 nitrogen and oxygen atoms in total. The molecule has 23 heavy (non-hydrogen) atoms.